The van der Waals surface area contributed by atoms with E-state index < -0.39 is 0 Å². The van der Waals surface area contributed by atoms with Gasteiger partial charge in [-0.05, 0) is 41.2 Å². The van der Waals surface area contributed by atoms with Crippen LogP contribution in [0, 0.1) is 0 Å². The van der Waals surface area contributed by atoms with Crippen molar-refractivity contribution in [2.75, 3.05) is 6.54 Å². The quantitative estimate of drug-likeness (QED) is 0.194. The van der Waals surface area contributed by atoms with Gasteiger partial charge in [-0.3, -0.25) is 0 Å². The molecule has 6 heteroatoms. The zero-order valence-electron chi connectivity index (χ0n) is 22.3. The molecule has 5 aromatic rings. The molecular formula is C33H33N5O. The number of benzene rings is 3. The summed E-state index contributed by atoms with van der Waals surface area (Å²) in [6.07, 6.45) is 7.08. The number of imidazole rings is 2. The average molecular weight is 516 g/mol. The van der Waals surface area contributed by atoms with Gasteiger partial charge in [0.25, 0.3) is 0 Å². The van der Waals surface area contributed by atoms with Crippen molar-refractivity contribution >= 4 is 5.70 Å². The molecule has 0 saturated heterocycles. The molecule has 0 unspecified atom stereocenters. The summed E-state index contributed by atoms with van der Waals surface area (Å²) in [5, 5.41) is 3.36. The van der Waals surface area contributed by atoms with Gasteiger partial charge < -0.3 is 20.0 Å². The summed E-state index contributed by atoms with van der Waals surface area (Å²) in [5.41, 5.74) is 8.87. The van der Waals surface area contributed by atoms with Gasteiger partial charge in [0.2, 0.25) is 0 Å². The lowest BCUT2D eigenvalue weighted by Gasteiger charge is -2.19. The van der Waals surface area contributed by atoms with E-state index >= 15 is 0 Å². The fourth-order valence-electron chi connectivity index (χ4n) is 4.85. The van der Waals surface area contributed by atoms with E-state index in [2.05, 4.69) is 106 Å². The van der Waals surface area contributed by atoms with E-state index in [1.807, 2.05) is 30.6 Å². The molecule has 0 spiro atoms. The summed E-state index contributed by atoms with van der Waals surface area (Å²) >= 11 is 0. The number of nitrogens with zero attached hydrogens (tertiary/aromatic N) is 2. The summed E-state index contributed by atoms with van der Waals surface area (Å²) in [4.78, 5) is 16.1. The second-order valence-corrected chi connectivity index (χ2v) is 10.1. The first-order valence-corrected chi connectivity index (χ1v) is 13.5. The SMILES string of the molecule is C[C@H](c1ncc(-c2ccc(-c3ccc(-c4cnc(C5=CCCN5)[nH]4)cc3)cc2)[nH]1)[C@@H](C)OCc1ccccc1. The second-order valence-electron chi connectivity index (χ2n) is 10.1. The number of rotatable bonds is 9. The molecule has 0 saturated carbocycles. The molecule has 3 N–H and O–H groups in total. The van der Waals surface area contributed by atoms with Crippen LogP contribution >= 0.6 is 0 Å². The summed E-state index contributed by atoms with van der Waals surface area (Å²) < 4.78 is 6.11. The maximum Gasteiger partial charge on any atom is 0.153 e. The van der Waals surface area contributed by atoms with Gasteiger partial charge in [0.1, 0.15) is 5.82 Å². The van der Waals surface area contributed by atoms with Crippen molar-refractivity contribution in [1.82, 2.24) is 25.3 Å². The van der Waals surface area contributed by atoms with E-state index in [1.54, 1.807) is 0 Å². The van der Waals surface area contributed by atoms with Crippen molar-refractivity contribution < 1.29 is 4.74 Å². The summed E-state index contributed by atoms with van der Waals surface area (Å²) in [6, 6.07) is 27.5. The maximum absolute atomic E-state index is 6.11. The van der Waals surface area contributed by atoms with Crippen LogP contribution in [0.2, 0.25) is 0 Å². The van der Waals surface area contributed by atoms with Gasteiger partial charge in [0.05, 0.1) is 42.2 Å². The second kappa shape index (κ2) is 11.1. The van der Waals surface area contributed by atoms with Crippen molar-refractivity contribution in [2.24, 2.45) is 0 Å². The lowest BCUT2D eigenvalue weighted by atomic mass is 10.0. The molecule has 0 radical (unpaired) electrons. The van der Waals surface area contributed by atoms with Crippen LogP contribution in [0.5, 0.6) is 0 Å². The third kappa shape index (κ3) is 5.56. The highest BCUT2D eigenvalue weighted by atomic mass is 16.5. The molecule has 0 bridgehead atoms. The number of aromatic nitrogens is 4. The largest absolute Gasteiger partial charge is 0.382 e. The first kappa shape index (κ1) is 24.9. The first-order valence-electron chi connectivity index (χ1n) is 13.5. The Kier molecular flexibility index (Phi) is 7.11. The predicted octanol–water partition coefficient (Wildman–Crippen LogP) is 7.18. The average Bonchev–Trinajstić information content (AvgIpc) is 3.78. The van der Waals surface area contributed by atoms with Gasteiger partial charge in [-0.2, -0.15) is 0 Å². The van der Waals surface area contributed by atoms with Gasteiger partial charge in [-0.15, -0.1) is 0 Å². The highest BCUT2D eigenvalue weighted by molar-refractivity contribution is 5.72. The molecule has 2 aromatic heterocycles. The Labute approximate surface area is 229 Å². The number of hydrogen-bond donors (Lipinski definition) is 3. The Balaban J connectivity index is 1.10. The lowest BCUT2D eigenvalue weighted by molar-refractivity contribution is 0.0367. The Morgan fingerprint density at radius 1 is 0.744 bits per heavy atom. The predicted molar refractivity (Wildman–Crippen MR) is 157 cm³/mol. The number of ether oxygens (including phenoxy) is 1. The fraction of sp³-hybridized carbons (Fsp3) is 0.212. The number of hydrogen-bond acceptors (Lipinski definition) is 4. The van der Waals surface area contributed by atoms with Crippen LogP contribution in [0.15, 0.2) is 97.3 Å². The molecular weight excluding hydrogens is 482 g/mol. The van der Waals surface area contributed by atoms with E-state index in [0.29, 0.717) is 6.61 Å². The third-order valence-corrected chi connectivity index (χ3v) is 7.45. The molecule has 39 heavy (non-hydrogen) atoms. The van der Waals surface area contributed by atoms with Gasteiger partial charge >= 0.3 is 0 Å². The highest BCUT2D eigenvalue weighted by Gasteiger charge is 2.19. The zero-order chi connectivity index (χ0) is 26.6. The number of H-pyrrole nitrogens is 2. The molecule has 3 aromatic carbocycles. The van der Waals surface area contributed by atoms with Gasteiger partial charge in [-0.25, -0.2) is 9.97 Å². The smallest absolute Gasteiger partial charge is 0.153 e. The Morgan fingerprint density at radius 2 is 1.36 bits per heavy atom. The molecule has 196 valence electrons. The maximum atomic E-state index is 6.11. The number of aromatic amines is 2. The molecule has 6 rings (SSSR count). The Hall–Kier alpha value is -4.42. The van der Waals surface area contributed by atoms with Gasteiger partial charge in [-0.1, -0.05) is 91.9 Å². The Morgan fingerprint density at radius 3 is 2.00 bits per heavy atom. The van der Waals surface area contributed by atoms with Crippen LogP contribution < -0.4 is 5.32 Å². The van der Waals surface area contributed by atoms with Gasteiger partial charge in [0.15, 0.2) is 5.82 Å². The van der Waals surface area contributed by atoms with Crippen LogP contribution in [0.25, 0.3) is 39.3 Å². The van der Waals surface area contributed by atoms with Crippen LogP contribution in [0.4, 0.5) is 0 Å². The van der Waals surface area contributed by atoms with E-state index in [9.17, 15) is 0 Å². The fourth-order valence-corrected chi connectivity index (χ4v) is 4.85. The minimum absolute atomic E-state index is 0.0411. The van der Waals surface area contributed by atoms with E-state index in [0.717, 1.165) is 52.8 Å². The minimum atomic E-state index is 0.0411. The molecule has 1 aliphatic rings. The molecule has 1 aliphatic heterocycles. The summed E-state index contributed by atoms with van der Waals surface area (Å²) in [7, 11) is 0. The van der Waals surface area contributed by atoms with Crippen LogP contribution in [-0.2, 0) is 11.3 Å². The molecule has 6 nitrogen and oxygen atoms in total. The summed E-state index contributed by atoms with van der Waals surface area (Å²) in [6.45, 7) is 5.83. The highest BCUT2D eigenvalue weighted by Crippen LogP contribution is 2.28. The standard InChI is InChI=1S/C33H33N5O/c1-22(23(2)39-21-24-7-4-3-5-8-24)32-35-19-30(37-32)27-14-10-25(11-15-27)26-12-16-28(17-13-26)31-20-36-33(38-31)29-9-6-18-34-29/h3-5,7-17,19-20,22-23,34H,6,18,21H2,1-2H3,(H,35,37)(H,36,38)/t22-,23+/m0/s1. The Bertz CT molecular complexity index is 1550. The van der Waals surface area contributed by atoms with E-state index in [1.165, 1.54) is 16.7 Å². The zero-order valence-corrected chi connectivity index (χ0v) is 22.3. The van der Waals surface area contributed by atoms with Crippen LogP contribution in [0.1, 0.15) is 43.4 Å². The normalized spacial score (nSPS) is 14.6. The van der Waals surface area contributed by atoms with Crippen LogP contribution in [0.3, 0.4) is 0 Å². The first-order chi connectivity index (χ1) is 19.1. The monoisotopic (exact) mass is 515 g/mol. The van der Waals surface area contributed by atoms with Gasteiger partial charge in [0, 0.05) is 12.5 Å². The van der Waals surface area contributed by atoms with Crippen molar-refractivity contribution in [2.45, 2.75) is 38.9 Å². The van der Waals surface area contributed by atoms with Crippen molar-refractivity contribution in [3.8, 4) is 33.6 Å². The number of nitrogens with one attached hydrogen (secondary N) is 3. The molecule has 3 heterocycles. The summed E-state index contributed by atoms with van der Waals surface area (Å²) in [5.74, 6) is 1.98. The van der Waals surface area contributed by atoms with Crippen molar-refractivity contribution in [3.05, 3.63) is 115 Å². The topological polar surface area (TPSA) is 78.6 Å². The molecule has 0 aliphatic carbocycles. The van der Waals surface area contributed by atoms with Crippen molar-refractivity contribution in [1.29, 1.82) is 0 Å². The minimum Gasteiger partial charge on any atom is -0.382 e. The van der Waals surface area contributed by atoms with E-state index in [-0.39, 0.29) is 12.0 Å². The van der Waals surface area contributed by atoms with Crippen LogP contribution in [-0.4, -0.2) is 32.6 Å². The molecule has 2 atom stereocenters. The molecule has 0 fully saturated rings. The molecule has 0 amide bonds. The van der Waals surface area contributed by atoms with Crippen molar-refractivity contribution in [3.63, 3.8) is 0 Å². The third-order valence-electron chi connectivity index (χ3n) is 7.45. The lowest BCUT2D eigenvalue weighted by Crippen LogP contribution is -2.17. The van der Waals surface area contributed by atoms with E-state index in [4.69, 9.17) is 4.74 Å².